The van der Waals surface area contributed by atoms with Crippen molar-refractivity contribution >= 4 is 15.9 Å². The Labute approximate surface area is 135 Å². The molecule has 0 fully saturated rings. The highest BCUT2D eigenvalue weighted by Gasteiger charge is 2.11. The Morgan fingerprint density at radius 2 is 1.90 bits per heavy atom. The number of methoxy groups -OCH3 is 2. The van der Waals surface area contributed by atoms with E-state index < -0.39 is 0 Å². The van der Waals surface area contributed by atoms with E-state index in [1.807, 2.05) is 19.2 Å². The van der Waals surface area contributed by atoms with Gasteiger partial charge in [-0.1, -0.05) is 0 Å². The maximum absolute atomic E-state index is 5.79. The van der Waals surface area contributed by atoms with E-state index in [1.165, 1.54) is 0 Å². The van der Waals surface area contributed by atoms with E-state index in [4.69, 9.17) is 18.9 Å². The number of rotatable bonds is 11. The van der Waals surface area contributed by atoms with Gasteiger partial charge in [-0.3, -0.25) is 0 Å². The van der Waals surface area contributed by atoms with E-state index >= 15 is 0 Å². The van der Waals surface area contributed by atoms with Crippen LogP contribution in [0.5, 0.6) is 11.5 Å². The Morgan fingerprint density at radius 1 is 1.10 bits per heavy atom. The molecule has 0 bridgehead atoms. The molecular formula is C15H24BrNO4. The second kappa shape index (κ2) is 10.8. The fourth-order valence-corrected chi connectivity index (χ4v) is 2.40. The predicted octanol–water partition coefficient (Wildman–Crippen LogP) is 2.61. The van der Waals surface area contributed by atoms with E-state index in [0.717, 1.165) is 34.5 Å². The first-order valence-electron chi connectivity index (χ1n) is 6.93. The first-order chi connectivity index (χ1) is 10.2. The summed E-state index contributed by atoms with van der Waals surface area (Å²) in [5, 5.41) is 3.11. The third kappa shape index (κ3) is 6.65. The smallest absolute Gasteiger partial charge is 0.175 e. The molecule has 0 saturated carbocycles. The van der Waals surface area contributed by atoms with Gasteiger partial charge in [-0.25, -0.2) is 0 Å². The summed E-state index contributed by atoms with van der Waals surface area (Å²) in [7, 11) is 5.22. The van der Waals surface area contributed by atoms with E-state index in [-0.39, 0.29) is 0 Å². The lowest BCUT2D eigenvalue weighted by Gasteiger charge is -2.14. The average Bonchev–Trinajstić information content (AvgIpc) is 2.48. The van der Waals surface area contributed by atoms with E-state index in [1.54, 1.807) is 14.2 Å². The number of nitrogens with one attached hydrogen (secondary N) is 1. The SMILES string of the molecule is CNCc1cc(Br)c(OCCCOCCOC)c(OC)c1. The lowest BCUT2D eigenvalue weighted by molar-refractivity contribution is 0.0642. The number of hydrogen-bond donors (Lipinski definition) is 1. The molecule has 1 N–H and O–H groups in total. The molecule has 1 rings (SSSR count). The number of hydrogen-bond acceptors (Lipinski definition) is 5. The summed E-state index contributed by atoms with van der Waals surface area (Å²) in [6.45, 7) is 3.24. The van der Waals surface area contributed by atoms with Gasteiger partial charge in [-0.15, -0.1) is 0 Å². The zero-order valence-corrected chi connectivity index (χ0v) is 14.5. The highest BCUT2D eigenvalue weighted by molar-refractivity contribution is 9.10. The Hall–Kier alpha value is -0.820. The highest BCUT2D eigenvalue weighted by atomic mass is 79.9. The van der Waals surface area contributed by atoms with Crippen molar-refractivity contribution in [3.8, 4) is 11.5 Å². The first-order valence-corrected chi connectivity index (χ1v) is 7.72. The van der Waals surface area contributed by atoms with Crippen LogP contribution in [0.25, 0.3) is 0 Å². The third-order valence-electron chi connectivity index (χ3n) is 2.78. The number of ether oxygens (including phenoxy) is 4. The van der Waals surface area contributed by atoms with Crippen molar-refractivity contribution in [1.82, 2.24) is 5.32 Å². The third-order valence-corrected chi connectivity index (χ3v) is 3.37. The Balaban J connectivity index is 2.46. The number of benzene rings is 1. The standard InChI is InChI=1S/C15H24BrNO4/c1-17-11-12-9-13(16)15(14(10-12)19-3)21-6-4-5-20-8-7-18-2/h9-10,17H,4-8,11H2,1-3H3. The molecule has 1 aromatic carbocycles. The molecule has 0 atom stereocenters. The minimum absolute atomic E-state index is 0.577. The Morgan fingerprint density at radius 3 is 2.57 bits per heavy atom. The van der Waals surface area contributed by atoms with Crippen LogP contribution in [0.3, 0.4) is 0 Å². The zero-order valence-electron chi connectivity index (χ0n) is 12.9. The van der Waals surface area contributed by atoms with Gasteiger partial charge in [-0.05, 0) is 40.7 Å². The summed E-state index contributed by atoms with van der Waals surface area (Å²) >= 11 is 3.53. The second-order valence-corrected chi connectivity index (χ2v) is 5.30. The van der Waals surface area contributed by atoms with Gasteiger partial charge < -0.3 is 24.3 Å². The molecule has 0 saturated heterocycles. The van der Waals surface area contributed by atoms with Gasteiger partial charge in [0.1, 0.15) is 0 Å². The van der Waals surface area contributed by atoms with Crippen LogP contribution in [-0.2, 0) is 16.0 Å². The summed E-state index contributed by atoms with van der Waals surface area (Å²) in [6.07, 6.45) is 0.817. The fourth-order valence-electron chi connectivity index (χ4n) is 1.80. The second-order valence-electron chi connectivity index (χ2n) is 4.45. The fraction of sp³-hybridized carbons (Fsp3) is 0.600. The first kappa shape index (κ1) is 18.2. The van der Waals surface area contributed by atoms with Crippen LogP contribution in [0.4, 0.5) is 0 Å². The predicted molar refractivity (Wildman–Crippen MR) is 86.3 cm³/mol. The zero-order chi connectivity index (χ0) is 15.5. The van der Waals surface area contributed by atoms with Crippen molar-refractivity contribution in [2.24, 2.45) is 0 Å². The van der Waals surface area contributed by atoms with Crippen LogP contribution in [0.15, 0.2) is 16.6 Å². The molecular weight excluding hydrogens is 338 g/mol. The lowest BCUT2D eigenvalue weighted by atomic mass is 10.2. The van der Waals surface area contributed by atoms with Crippen molar-refractivity contribution in [3.05, 3.63) is 22.2 Å². The summed E-state index contributed by atoms with van der Waals surface area (Å²) in [6, 6.07) is 4.01. The molecule has 0 amide bonds. The Kier molecular flexibility index (Phi) is 9.41. The van der Waals surface area contributed by atoms with E-state index in [9.17, 15) is 0 Å². The molecule has 6 heteroatoms. The van der Waals surface area contributed by atoms with Crippen molar-refractivity contribution in [2.75, 3.05) is 47.7 Å². The molecule has 120 valence electrons. The maximum atomic E-state index is 5.79. The molecule has 0 aliphatic heterocycles. The summed E-state index contributed by atoms with van der Waals surface area (Å²) in [5.41, 5.74) is 1.14. The molecule has 0 aliphatic rings. The molecule has 1 aromatic rings. The minimum atomic E-state index is 0.577. The van der Waals surface area contributed by atoms with Crippen LogP contribution in [0.2, 0.25) is 0 Å². The normalized spacial score (nSPS) is 10.7. The van der Waals surface area contributed by atoms with Gasteiger partial charge >= 0.3 is 0 Å². The van der Waals surface area contributed by atoms with E-state index in [2.05, 4.69) is 21.2 Å². The van der Waals surface area contributed by atoms with Crippen molar-refractivity contribution in [2.45, 2.75) is 13.0 Å². The van der Waals surface area contributed by atoms with Crippen molar-refractivity contribution < 1.29 is 18.9 Å². The Bertz CT molecular complexity index is 415. The van der Waals surface area contributed by atoms with Crippen molar-refractivity contribution in [3.63, 3.8) is 0 Å². The van der Waals surface area contributed by atoms with Crippen molar-refractivity contribution in [1.29, 1.82) is 0 Å². The quantitative estimate of drug-likeness (QED) is 0.614. The van der Waals surface area contributed by atoms with Crippen LogP contribution >= 0.6 is 15.9 Å². The van der Waals surface area contributed by atoms with Gasteiger partial charge in [0.05, 0.1) is 31.4 Å². The molecule has 0 spiro atoms. The topological polar surface area (TPSA) is 49.0 Å². The molecule has 0 aliphatic carbocycles. The monoisotopic (exact) mass is 361 g/mol. The highest BCUT2D eigenvalue weighted by Crippen LogP contribution is 2.36. The lowest BCUT2D eigenvalue weighted by Crippen LogP contribution is -2.08. The molecule has 0 aromatic heterocycles. The van der Waals surface area contributed by atoms with Gasteiger partial charge in [0.25, 0.3) is 0 Å². The van der Waals surface area contributed by atoms with E-state index in [0.29, 0.717) is 26.4 Å². The van der Waals surface area contributed by atoms with Gasteiger partial charge in [0.2, 0.25) is 0 Å². The minimum Gasteiger partial charge on any atom is -0.493 e. The summed E-state index contributed by atoms with van der Waals surface area (Å²) in [4.78, 5) is 0. The molecule has 0 radical (unpaired) electrons. The maximum Gasteiger partial charge on any atom is 0.175 e. The van der Waals surface area contributed by atoms with Crippen LogP contribution < -0.4 is 14.8 Å². The van der Waals surface area contributed by atoms with Crippen LogP contribution in [-0.4, -0.2) is 47.7 Å². The van der Waals surface area contributed by atoms with Gasteiger partial charge in [-0.2, -0.15) is 0 Å². The van der Waals surface area contributed by atoms with Crippen LogP contribution in [0.1, 0.15) is 12.0 Å². The number of halogens is 1. The molecule has 0 heterocycles. The van der Waals surface area contributed by atoms with Gasteiger partial charge in [0.15, 0.2) is 11.5 Å². The van der Waals surface area contributed by atoms with Crippen LogP contribution in [0, 0.1) is 0 Å². The largest absolute Gasteiger partial charge is 0.493 e. The molecule has 0 unspecified atom stereocenters. The summed E-state index contributed by atoms with van der Waals surface area (Å²) < 4.78 is 22.4. The average molecular weight is 362 g/mol. The van der Waals surface area contributed by atoms with Gasteiger partial charge in [0, 0.05) is 26.7 Å². The molecule has 5 nitrogen and oxygen atoms in total. The summed E-state index contributed by atoms with van der Waals surface area (Å²) in [5.74, 6) is 1.46. The molecule has 21 heavy (non-hydrogen) atoms.